The number of carboxylic acids is 1. The van der Waals surface area contributed by atoms with Crippen LogP contribution < -0.4 is 27.0 Å². The number of benzene rings is 3. The number of carbonyl (C=O) groups is 5. The molecule has 0 radical (unpaired) electrons. The van der Waals surface area contributed by atoms with Gasteiger partial charge in [0.05, 0.1) is 5.41 Å². The van der Waals surface area contributed by atoms with Crippen molar-refractivity contribution in [3.8, 4) is 0 Å². The number of carbonyl (C=O) groups excluding carboxylic acids is 4. The van der Waals surface area contributed by atoms with Crippen LogP contribution in [0.3, 0.4) is 0 Å². The van der Waals surface area contributed by atoms with Gasteiger partial charge in [-0.2, -0.15) is 13.2 Å². The van der Waals surface area contributed by atoms with E-state index in [2.05, 4.69) is 27.3 Å². The number of alkyl halides is 3. The van der Waals surface area contributed by atoms with Crippen LogP contribution in [0.5, 0.6) is 0 Å². The standard InChI is InChI=1S/C39H54N6O4.C2HF3O2/c1-2-41-37(48)39(28-30-14-5-3-6-15-30)21-13-25-45(29-39)36(47)34(27-31-19-20-32-16-8-9-17-33(32)26-31)44-38(49)43-24-12-11-23-42-35(46)18-7-4-10-22-40;3-2(4,5)1(6)7/h3,5-6,8-9,14-17,19-20,26,34H,2,4,7,10-13,18,21-25,27-29,40H2,1H3,(H,41,48)(H,42,46)(H2,43,44,49);(H,6,7)/t34?,39-;/m0./s1. The van der Waals surface area contributed by atoms with Gasteiger partial charge in [0.25, 0.3) is 0 Å². The van der Waals surface area contributed by atoms with Crippen LogP contribution in [0.1, 0.15) is 69.4 Å². The van der Waals surface area contributed by atoms with Crippen molar-refractivity contribution >= 4 is 40.5 Å². The van der Waals surface area contributed by atoms with E-state index in [9.17, 15) is 32.3 Å². The Hall–Kier alpha value is -5.18. The van der Waals surface area contributed by atoms with Gasteiger partial charge in [0, 0.05) is 45.6 Å². The highest BCUT2D eigenvalue weighted by Crippen LogP contribution is 2.35. The van der Waals surface area contributed by atoms with E-state index in [1.165, 1.54) is 0 Å². The second-order valence-electron chi connectivity index (χ2n) is 14.0. The van der Waals surface area contributed by atoms with Crippen LogP contribution in [-0.2, 0) is 32.0 Å². The molecule has 3 aromatic rings. The average Bonchev–Trinajstić information content (AvgIpc) is 3.17. The lowest BCUT2D eigenvalue weighted by molar-refractivity contribution is -0.192. The molecule has 0 spiro atoms. The molecule has 306 valence electrons. The van der Waals surface area contributed by atoms with E-state index in [0.717, 1.165) is 47.6 Å². The Morgan fingerprint density at radius 1 is 0.839 bits per heavy atom. The molecular formula is C41H55F3N6O6. The highest BCUT2D eigenvalue weighted by molar-refractivity contribution is 5.90. The molecule has 7 N–H and O–H groups in total. The molecule has 1 aliphatic heterocycles. The smallest absolute Gasteiger partial charge is 0.475 e. The molecule has 15 heteroatoms. The van der Waals surface area contributed by atoms with Crippen molar-refractivity contribution < 1.29 is 42.3 Å². The van der Waals surface area contributed by atoms with Crippen LogP contribution in [0, 0.1) is 5.41 Å². The first-order valence-corrected chi connectivity index (χ1v) is 19.2. The van der Waals surface area contributed by atoms with Gasteiger partial charge in [-0.05, 0) is 80.3 Å². The molecule has 0 bridgehead atoms. The van der Waals surface area contributed by atoms with Crippen LogP contribution in [0.4, 0.5) is 18.0 Å². The molecular weight excluding hydrogens is 729 g/mol. The fraction of sp³-hybridized carbons (Fsp3) is 0.488. The third-order valence-electron chi connectivity index (χ3n) is 9.51. The van der Waals surface area contributed by atoms with E-state index in [0.29, 0.717) is 71.2 Å². The van der Waals surface area contributed by atoms with E-state index in [4.69, 9.17) is 15.6 Å². The lowest BCUT2D eigenvalue weighted by atomic mass is 9.74. The highest BCUT2D eigenvalue weighted by atomic mass is 19.4. The third kappa shape index (κ3) is 15.2. The van der Waals surface area contributed by atoms with Crippen molar-refractivity contribution in [2.75, 3.05) is 39.3 Å². The second kappa shape index (κ2) is 23.0. The summed E-state index contributed by atoms with van der Waals surface area (Å²) in [6, 6.07) is 22.9. The fourth-order valence-corrected chi connectivity index (χ4v) is 6.67. The molecule has 2 atom stereocenters. The Labute approximate surface area is 326 Å². The third-order valence-corrected chi connectivity index (χ3v) is 9.51. The molecule has 1 fully saturated rings. The van der Waals surface area contributed by atoms with Crippen molar-refractivity contribution in [2.24, 2.45) is 11.1 Å². The summed E-state index contributed by atoms with van der Waals surface area (Å²) < 4.78 is 31.7. The number of nitrogens with one attached hydrogen (secondary N) is 4. The number of aliphatic carboxylic acids is 1. The van der Waals surface area contributed by atoms with E-state index < -0.39 is 29.6 Å². The van der Waals surface area contributed by atoms with Gasteiger partial charge in [0.2, 0.25) is 17.7 Å². The molecule has 5 amide bonds. The van der Waals surface area contributed by atoms with Gasteiger partial charge < -0.3 is 37.0 Å². The van der Waals surface area contributed by atoms with Gasteiger partial charge in [-0.15, -0.1) is 0 Å². The minimum Gasteiger partial charge on any atom is -0.475 e. The first-order valence-electron chi connectivity index (χ1n) is 19.2. The fourth-order valence-electron chi connectivity index (χ4n) is 6.67. The van der Waals surface area contributed by atoms with Crippen molar-refractivity contribution in [1.82, 2.24) is 26.2 Å². The second-order valence-corrected chi connectivity index (χ2v) is 14.0. The number of urea groups is 1. The summed E-state index contributed by atoms with van der Waals surface area (Å²) in [6.07, 6.45) is 1.76. The Morgan fingerprint density at radius 2 is 1.50 bits per heavy atom. The summed E-state index contributed by atoms with van der Waals surface area (Å²) in [5.74, 6) is -2.96. The lowest BCUT2D eigenvalue weighted by Gasteiger charge is -2.43. The number of fused-ring (bicyclic) bond motifs is 1. The molecule has 56 heavy (non-hydrogen) atoms. The number of nitrogens with zero attached hydrogens (tertiary/aromatic N) is 1. The summed E-state index contributed by atoms with van der Waals surface area (Å²) >= 11 is 0. The number of amides is 5. The first-order chi connectivity index (χ1) is 26.8. The number of carboxylic acid groups (broad SMARTS) is 1. The number of unbranched alkanes of at least 4 members (excludes halogenated alkanes) is 3. The normalized spacial score (nSPS) is 15.8. The zero-order chi connectivity index (χ0) is 41.0. The Kier molecular flexibility index (Phi) is 18.6. The van der Waals surface area contributed by atoms with Crippen molar-refractivity contribution in [1.29, 1.82) is 0 Å². The maximum Gasteiger partial charge on any atom is 0.490 e. The Bertz CT molecular complexity index is 1730. The van der Waals surface area contributed by atoms with Crippen molar-refractivity contribution in [3.05, 3.63) is 83.9 Å². The van der Waals surface area contributed by atoms with E-state index >= 15 is 0 Å². The van der Waals surface area contributed by atoms with Crippen molar-refractivity contribution in [2.45, 2.75) is 83.4 Å². The number of hydrogen-bond donors (Lipinski definition) is 6. The van der Waals surface area contributed by atoms with Gasteiger partial charge in [-0.1, -0.05) is 79.2 Å². The highest BCUT2D eigenvalue weighted by Gasteiger charge is 2.44. The van der Waals surface area contributed by atoms with E-state index in [1.807, 2.05) is 73.7 Å². The topological polar surface area (TPSA) is 183 Å². The largest absolute Gasteiger partial charge is 0.490 e. The van der Waals surface area contributed by atoms with Crippen LogP contribution >= 0.6 is 0 Å². The van der Waals surface area contributed by atoms with E-state index in [-0.39, 0.29) is 24.3 Å². The quantitative estimate of drug-likeness (QED) is 0.0972. The van der Waals surface area contributed by atoms with Crippen molar-refractivity contribution in [3.63, 3.8) is 0 Å². The molecule has 0 aromatic heterocycles. The number of hydrogen-bond acceptors (Lipinski definition) is 6. The van der Waals surface area contributed by atoms with Gasteiger partial charge in [0.1, 0.15) is 6.04 Å². The van der Waals surface area contributed by atoms with Gasteiger partial charge in [-0.25, -0.2) is 9.59 Å². The minimum absolute atomic E-state index is 0.0374. The molecule has 0 aliphatic carbocycles. The maximum atomic E-state index is 14.3. The number of halogens is 3. The monoisotopic (exact) mass is 784 g/mol. The van der Waals surface area contributed by atoms with Gasteiger partial charge in [-0.3, -0.25) is 14.4 Å². The summed E-state index contributed by atoms with van der Waals surface area (Å²) in [5, 5.41) is 21.1. The molecule has 1 unspecified atom stereocenters. The van der Waals surface area contributed by atoms with Crippen LogP contribution in [-0.4, -0.2) is 91.2 Å². The maximum absolute atomic E-state index is 14.3. The average molecular weight is 785 g/mol. The molecule has 1 aliphatic rings. The summed E-state index contributed by atoms with van der Waals surface area (Å²) in [5.41, 5.74) is 6.73. The number of rotatable bonds is 18. The molecule has 0 saturated carbocycles. The Balaban J connectivity index is 0.00000109. The SMILES string of the molecule is CCNC(=O)[C@]1(Cc2ccccc2)CCCN(C(=O)C(Cc2ccc3ccccc3c2)NC(=O)NCCCCNC(=O)CCCCCN)C1.O=C(O)C(F)(F)F. The predicted molar refractivity (Wildman–Crippen MR) is 209 cm³/mol. The van der Waals surface area contributed by atoms with Crippen LogP contribution in [0.15, 0.2) is 72.8 Å². The zero-order valence-electron chi connectivity index (χ0n) is 32.0. The first kappa shape index (κ1) is 45.2. The summed E-state index contributed by atoms with van der Waals surface area (Å²) in [4.78, 5) is 63.8. The number of likely N-dealkylation sites (tertiary alicyclic amines) is 1. The summed E-state index contributed by atoms with van der Waals surface area (Å²) in [6.45, 7) is 4.82. The molecule has 3 aromatic carbocycles. The van der Waals surface area contributed by atoms with Gasteiger partial charge >= 0.3 is 18.2 Å². The van der Waals surface area contributed by atoms with E-state index in [1.54, 1.807) is 4.90 Å². The number of piperidine rings is 1. The summed E-state index contributed by atoms with van der Waals surface area (Å²) in [7, 11) is 0. The number of nitrogens with two attached hydrogens (primary N) is 1. The molecule has 1 saturated heterocycles. The Morgan fingerprint density at radius 3 is 2.16 bits per heavy atom. The van der Waals surface area contributed by atoms with Gasteiger partial charge in [0.15, 0.2) is 0 Å². The predicted octanol–water partition coefficient (Wildman–Crippen LogP) is 5.09. The molecule has 4 rings (SSSR count). The van der Waals surface area contributed by atoms with Crippen LogP contribution in [0.25, 0.3) is 10.8 Å². The zero-order valence-corrected chi connectivity index (χ0v) is 32.0. The molecule has 1 heterocycles. The lowest BCUT2D eigenvalue weighted by Crippen LogP contribution is -2.59. The minimum atomic E-state index is -5.08. The molecule has 12 nitrogen and oxygen atoms in total. The van der Waals surface area contributed by atoms with Crippen LogP contribution in [0.2, 0.25) is 0 Å².